The first-order valence-electron chi connectivity index (χ1n) is 12.3. The SMILES string of the molecule is [2H]c1nc2[nH]c([2H])c(C([2H])([2H])[2H])c([2H])c-2c1C(=O)c1c(F)c([2H])c([2H])c(NS(=O)(=O)C([2H])([2H])CC)c1F. The van der Waals surface area contributed by atoms with Crippen LogP contribution < -0.4 is 4.72 Å². The second kappa shape index (κ2) is 7.07. The van der Waals surface area contributed by atoms with Crippen molar-refractivity contribution in [2.75, 3.05) is 10.4 Å². The summed E-state index contributed by atoms with van der Waals surface area (Å²) in [5.41, 5.74) is -8.53. The number of aromatic nitrogens is 2. The third-order valence-corrected chi connectivity index (χ3v) is 4.44. The summed E-state index contributed by atoms with van der Waals surface area (Å²) in [6.07, 6.45) is -2.37. The van der Waals surface area contributed by atoms with Crippen LogP contribution in [-0.2, 0) is 10.0 Å². The van der Waals surface area contributed by atoms with E-state index < -0.39 is 111 Å². The second-order valence-corrected chi connectivity index (χ2v) is 6.63. The highest BCUT2D eigenvalue weighted by atomic mass is 32.2. The lowest BCUT2D eigenvalue weighted by atomic mass is 9.99. The third kappa shape index (κ3) is 3.68. The summed E-state index contributed by atoms with van der Waals surface area (Å²) in [5, 5.41) is 0. The van der Waals surface area contributed by atoms with Gasteiger partial charge in [-0.1, -0.05) is 6.92 Å². The van der Waals surface area contributed by atoms with Gasteiger partial charge in [0.1, 0.15) is 11.6 Å². The van der Waals surface area contributed by atoms with Gasteiger partial charge in [-0.25, -0.2) is 22.2 Å². The summed E-state index contributed by atoms with van der Waals surface area (Å²) in [7, 11) is -5.07. The molecule has 2 aliphatic rings. The quantitative estimate of drug-likeness (QED) is 0.617. The Labute approximate surface area is 169 Å². The number of carbonyl (C=O) groups excluding carboxylic acids is 1. The van der Waals surface area contributed by atoms with Gasteiger partial charge >= 0.3 is 0 Å². The number of H-pyrrole nitrogens is 1. The molecule has 0 fully saturated rings. The van der Waals surface area contributed by atoms with Crippen LogP contribution in [0.4, 0.5) is 14.5 Å². The average molecular weight is 403 g/mol. The Morgan fingerprint density at radius 1 is 1.44 bits per heavy atom. The zero-order valence-electron chi connectivity index (χ0n) is 23.5. The maximum absolute atomic E-state index is 15.4. The van der Waals surface area contributed by atoms with Gasteiger partial charge in [-0.15, -0.1) is 0 Å². The molecule has 27 heavy (non-hydrogen) atoms. The Morgan fingerprint density at radius 3 is 2.93 bits per heavy atom. The number of halogens is 2. The van der Waals surface area contributed by atoms with Gasteiger partial charge < -0.3 is 4.98 Å². The Morgan fingerprint density at radius 2 is 2.22 bits per heavy atom. The number of anilines is 1. The first-order chi connectivity index (χ1) is 16.8. The summed E-state index contributed by atoms with van der Waals surface area (Å²) in [6.45, 7) is -1.89. The van der Waals surface area contributed by atoms with Crippen molar-refractivity contribution in [3.8, 4) is 11.4 Å². The molecule has 0 saturated heterocycles. The monoisotopic (exact) mass is 403 g/mol. The zero-order chi connectivity index (χ0) is 28.4. The molecule has 0 aromatic heterocycles. The van der Waals surface area contributed by atoms with Crippen molar-refractivity contribution in [3.63, 3.8) is 0 Å². The molecule has 2 N–H and O–H groups in total. The van der Waals surface area contributed by atoms with Gasteiger partial charge in [0.25, 0.3) is 0 Å². The predicted octanol–water partition coefficient (Wildman–Crippen LogP) is 3.48. The average Bonchev–Trinajstić information content (AvgIpc) is 3.10. The Bertz CT molecular complexity index is 1520. The number of ketones is 1. The molecule has 3 rings (SSSR count). The molecule has 0 atom stereocenters. The van der Waals surface area contributed by atoms with E-state index in [4.69, 9.17) is 13.7 Å². The molecule has 1 aromatic rings. The van der Waals surface area contributed by atoms with Crippen molar-refractivity contribution in [1.29, 1.82) is 0 Å². The predicted molar refractivity (Wildman–Crippen MR) is 97.4 cm³/mol. The molecule has 6 nitrogen and oxygen atoms in total. The molecule has 0 amide bonds. The Hall–Kier alpha value is -2.81. The minimum atomic E-state index is -5.07. The number of nitrogens with zero attached hydrogens (tertiary/aromatic N) is 1. The fraction of sp³-hybridized carbons (Fsp3) is 0.222. The van der Waals surface area contributed by atoms with Crippen molar-refractivity contribution >= 4 is 21.5 Å². The van der Waals surface area contributed by atoms with Gasteiger partial charge in [0.2, 0.25) is 15.8 Å². The van der Waals surface area contributed by atoms with Crippen molar-refractivity contribution in [3.05, 3.63) is 58.8 Å². The lowest BCUT2D eigenvalue weighted by Gasteiger charge is -2.11. The normalized spacial score (nSPS) is 18.0. The van der Waals surface area contributed by atoms with E-state index in [2.05, 4.69) is 9.97 Å². The summed E-state index contributed by atoms with van der Waals surface area (Å²) in [5.74, 6) is -6.15. The van der Waals surface area contributed by atoms with E-state index in [-0.39, 0.29) is 0 Å². The molecular weight excluding hydrogens is 376 g/mol. The maximum Gasteiger partial charge on any atom is 0.232 e. The molecule has 0 saturated carbocycles. The molecular formula is C18H17F2N3O3S. The smallest absolute Gasteiger partial charge is 0.232 e. The largest absolute Gasteiger partial charge is 0.346 e. The van der Waals surface area contributed by atoms with Crippen LogP contribution in [0.2, 0.25) is 0 Å². The van der Waals surface area contributed by atoms with Crippen molar-refractivity contribution in [2.24, 2.45) is 0 Å². The van der Waals surface area contributed by atoms with Crippen LogP contribution >= 0.6 is 0 Å². The molecule has 9 heteroatoms. The lowest BCUT2D eigenvalue weighted by molar-refractivity contribution is 0.103. The van der Waals surface area contributed by atoms with Gasteiger partial charge in [0.05, 0.1) is 29.4 Å². The Kier molecular flexibility index (Phi) is 2.60. The van der Waals surface area contributed by atoms with Gasteiger partial charge in [0, 0.05) is 24.8 Å². The van der Waals surface area contributed by atoms with E-state index in [9.17, 15) is 17.6 Å². The number of carbonyl (C=O) groups is 1. The topological polar surface area (TPSA) is 91.9 Å². The number of nitrogens with one attached hydrogen (secondary N) is 2. The third-order valence-electron chi connectivity index (χ3n) is 3.30. The first-order valence-corrected chi connectivity index (χ1v) is 8.81. The number of benzene rings is 1. The highest BCUT2D eigenvalue weighted by molar-refractivity contribution is 7.92. The minimum absolute atomic E-state index is 0.488. The van der Waals surface area contributed by atoms with E-state index in [0.717, 1.165) is 6.92 Å². The maximum atomic E-state index is 15.4. The molecule has 142 valence electrons. The minimum Gasteiger partial charge on any atom is -0.346 e. The van der Waals surface area contributed by atoms with Crippen LogP contribution in [-0.4, -0.2) is 29.9 Å². The van der Waals surface area contributed by atoms with Crippen molar-refractivity contribution in [1.82, 2.24) is 9.97 Å². The van der Waals surface area contributed by atoms with Crippen LogP contribution in [0.5, 0.6) is 0 Å². The number of hydrogen-bond donors (Lipinski definition) is 2. The molecule has 0 spiro atoms. The molecule has 2 heterocycles. The molecule has 0 aliphatic carbocycles. The van der Waals surface area contributed by atoms with Gasteiger partial charge in [-0.05, 0) is 37.0 Å². The van der Waals surface area contributed by atoms with Crippen molar-refractivity contribution in [2.45, 2.75) is 20.2 Å². The highest BCUT2D eigenvalue weighted by Crippen LogP contribution is 2.30. The fourth-order valence-corrected chi connectivity index (χ4v) is 3.07. The van der Waals surface area contributed by atoms with E-state index >= 15 is 4.39 Å². The summed E-state index contributed by atoms with van der Waals surface area (Å²) >= 11 is 0. The summed E-state index contributed by atoms with van der Waals surface area (Å²) < 4.78 is 134. The number of pyridine rings is 1. The summed E-state index contributed by atoms with van der Waals surface area (Å²) in [6, 6.07) is -3.74. The fourth-order valence-electron chi connectivity index (χ4n) is 2.21. The van der Waals surface area contributed by atoms with E-state index in [0.29, 0.717) is 0 Å². The van der Waals surface area contributed by atoms with Crippen LogP contribution in [0.25, 0.3) is 11.4 Å². The number of aromatic amines is 1. The van der Waals surface area contributed by atoms with Gasteiger partial charge in [0.15, 0.2) is 5.82 Å². The van der Waals surface area contributed by atoms with Crippen LogP contribution in [0.15, 0.2) is 30.5 Å². The summed E-state index contributed by atoms with van der Waals surface area (Å²) in [4.78, 5) is 19.1. The van der Waals surface area contributed by atoms with Crippen LogP contribution in [0.3, 0.4) is 0 Å². The first kappa shape index (κ1) is 9.93. The van der Waals surface area contributed by atoms with E-state index in [1.165, 1.54) is 4.72 Å². The van der Waals surface area contributed by atoms with Crippen LogP contribution in [0.1, 0.15) is 48.5 Å². The molecule has 0 unspecified atom stereocenters. The lowest BCUT2D eigenvalue weighted by Crippen LogP contribution is -2.18. The zero-order valence-corrected chi connectivity index (χ0v) is 14.4. The second-order valence-electron chi connectivity index (χ2n) is 5.13. The van der Waals surface area contributed by atoms with Gasteiger partial charge in [-0.3, -0.25) is 9.52 Å². The molecule has 0 radical (unpaired) electrons. The van der Waals surface area contributed by atoms with Crippen LogP contribution in [0, 0.1) is 18.5 Å². The molecule has 2 aliphatic heterocycles. The number of rotatable bonds is 6. The number of hydrogen-bond acceptors (Lipinski definition) is 4. The standard InChI is InChI=1S/C18H17F2N3O3S/c1-3-6-27(25,26)23-14-5-4-13(19)15(16(14)20)17(24)12-9-22-18-11(12)7-10(2)8-21-18/h4-5,7-9,23H,3,6H2,1-2H3,(H,21,22)/i2D3,4D,5D,6D2,7D,8D,9D. The Balaban J connectivity index is 2.34. The van der Waals surface area contributed by atoms with E-state index in [1.54, 1.807) is 0 Å². The molecule has 1 aromatic carbocycles. The molecule has 0 bridgehead atoms. The number of sulfonamides is 1. The van der Waals surface area contributed by atoms with Gasteiger partial charge in [-0.2, -0.15) is 0 Å². The van der Waals surface area contributed by atoms with E-state index in [1.807, 2.05) is 0 Å². The van der Waals surface area contributed by atoms with Crippen molar-refractivity contribution < 1.29 is 35.7 Å². The number of fused-ring (bicyclic) bond motifs is 1. The highest BCUT2D eigenvalue weighted by Gasteiger charge is 2.27.